The standard InChI is InChI=1S/C15H14O3/c1-8-9(2)18-15-11-6-4-5-7-12(11)17-10(3)14(16)13(8)15/h4-7,10H,1-3H3. The monoisotopic (exact) mass is 242 g/mol. The second kappa shape index (κ2) is 3.73. The summed E-state index contributed by atoms with van der Waals surface area (Å²) < 4.78 is 11.5. The van der Waals surface area contributed by atoms with Gasteiger partial charge in [0.1, 0.15) is 17.3 Å². The minimum absolute atomic E-state index is 0.0180. The molecule has 0 radical (unpaired) electrons. The van der Waals surface area contributed by atoms with Gasteiger partial charge in [0.05, 0.1) is 11.1 Å². The number of aryl methyl sites for hydroxylation is 1. The fourth-order valence-electron chi connectivity index (χ4n) is 2.32. The number of para-hydroxylation sites is 1. The molecule has 1 aliphatic heterocycles. The van der Waals surface area contributed by atoms with E-state index in [0.29, 0.717) is 17.1 Å². The van der Waals surface area contributed by atoms with Gasteiger partial charge in [-0.2, -0.15) is 0 Å². The minimum atomic E-state index is -0.483. The lowest BCUT2D eigenvalue weighted by molar-refractivity contribution is 0.0824. The van der Waals surface area contributed by atoms with E-state index in [0.717, 1.165) is 16.9 Å². The first-order valence-electron chi connectivity index (χ1n) is 6.00. The number of Topliss-reactive ketones (excluding diaryl/α,β-unsaturated/α-hetero) is 1. The van der Waals surface area contributed by atoms with Crippen LogP contribution in [0.25, 0.3) is 11.3 Å². The molecule has 0 saturated carbocycles. The van der Waals surface area contributed by atoms with Crippen molar-refractivity contribution in [3.63, 3.8) is 0 Å². The third-order valence-corrected chi connectivity index (χ3v) is 3.44. The molecule has 3 nitrogen and oxygen atoms in total. The Morgan fingerprint density at radius 2 is 1.89 bits per heavy atom. The molecule has 0 aliphatic carbocycles. The van der Waals surface area contributed by atoms with E-state index in [-0.39, 0.29) is 5.78 Å². The molecule has 0 spiro atoms. The van der Waals surface area contributed by atoms with E-state index in [2.05, 4.69) is 0 Å². The molecular weight excluding hydrogens is 228 g/mol. The van der Waals surface area contributed by atoms with Crippen LogP contribution in [0.4, 0.5) is 0 Å². The number of ketones is 1. The number of hydrogen-bond acceptors (Lipinski definition) is 3. The van der Waals surface area contributed by atoms with Crippen molar-refractivity contribution in [3.05, 3.63) is 41.2 Å². The van der Waals surface area contributed by atoms with Gasteiger partial charge in [-0.25, -0.2) is 0 Å². The van der Waals surface area contributed by atoms with E-state index in [1.54, 1.807) is 6.92 Å². The summed E-state index contributed by atoms with van der Waals surface area (Å²) in [4.78, 5) is 12.4. The summed E-state index contributed by atoms with van der Waals surface area (Å²) in [7, 11) is 0. The molecule has 1 aromatic carbocycles. The van der Waals surface area contributed by atoms with Gasteiger partial charge in [-0.3, -0.25) is 4.79 Å². The summed E-state index contributed by atoms with van der Waals surface area (Å²) in [6, 6.07) is 7.59. The maximum absolute atomic E-state index is 12.4. The lowest BCUT2D eigenvalue weighted by Crippen LogP contribution is -2.23. The highest BCUT2D eigenvalue weighted by atomic mass is 16.5. The molecule has 1 aromatic heterocycles. The molecule has 0 amide bonds. The summed E-state index contributed by atoms with van der Waals surface area (Å²) in [5.74, 6) is 2.11. The fourth-order valence-corrected chi connectivity index (χ4v) is 2.32. The van der Waals surface area contributed by atoms with E-state index < -0.39 is 6.10 Å². The maximum Gasteiger partial charge on any atom is 0.207 e. The summed E-state index contributed by atoms with van der Waals surface area (Å²) in [6.45, 7) is 5.57. The Labute approximate surface area is 105 Å². The normalized spacial score (nSPS) is 17.7. The van der Waals surface area contributed by atoms with E-state index in [4.69, 9.17) is 9.15 Å². The van der Waals surface area contributed by atoms with Gasteiger partial charge in [0, 0.05) is 5.56 Å². The lowest BCUT2D eigenvalue weighted by Gasteiger charge is -2.11. The number of benzene rings is 1. The van der Waals surface area contributed by atoms with Gasteiger partial charge < -0.3 is 9.15 Å². The van der Waals surface area contributed by atoms with Crippen molar-refractivity contribution in [1.29, 1.82) is 0 Å². The highest BCUT2D eigenvalue weighted by molar-refractivity contribution is 6.06. The van der Waals surface area contributed by atoms with Crippen molar-refractivity contribution in [3.8, 4) is 17.1 Å². The molecule has 0 bridgehead atoms. The smallest absolute Gasteiger partial charge is 0.207 e. The lowest BCUT2D eigenvalue weighted by atomic mass is 10.00. The van der Waals surface area contributed by atoms with Gasteiger partial charge in [-0.15, -0.1) is 0 Å². The molecule has 0 saturated heterocycles. The van der Waals surface area contributed by atoms with E-state index >= 15 is 0 Å². The molecular formula is C15H14O3. The van der Waals surface area contributed by atoms with Crippen molar-refractivity contribution in [1.82, 2.24) is 0 Å². The van der Waals surface area contributed by atoms with Crippen LogP contribution in [0.3, 0.4) is 0 Å². The zero-order chi connectivity index (χ0) is 12.9. The van der Waals surface area contributed by atoms with Crippen LogP contribution in [-0.2, 0) is 0 Å². The highest BCUT2D eigenvalue weighted by Gasteiger charge is 2.31. The molecule has 1 aliphatic rings. The number of rotatable bonds is 0. The molecule has 2 heterocycles. The zero-order valence-corrected chi connectivity index (χ0v) is 10.6. The van der Waals surface area contributed by atoms with Crippen molar-refractivity contribution in [2.75, 3.05) is 0 Å². The first-order valence-corrected chi connectivity index (χ1v) is 6.00. The van der Waals surface area contributed by atoms with Crippen molar-refractivity contribution in [2.45, 2.75) is 26.9 Å². The van der Waals surface area contributed by atoms with Gasteiger partial charge in [0.25, 0.3) is 0 Å². The molecule has 2 aromatic rings. The Morgan fingerprint density at radius 3 is 2.67 bits per heavy atom. The predicted molar refractivity (Wildman–Crippen MR) is 68.0 cm³/mol. The first-order chi connectivity index (χ1) is 8.59. The quantitative estimate of drug-likeness (QED) is 0.709. The molecule has 1 atom stereocenters. The molecule has 92 valence electrons. The molecule has 0 N–H and O–H groups in total. The van der Waals surface area contributed by atoms with Crippen LogP contribution in [0.1, 0.15) is 28.6 Å². The summed E-state index contributed by atoms with van der Waals surface area (Å²) in [5.41, 5.74) is 2.41. The summed E-state index contributed by atoms with van der Waals surface area (Å²) in [5, 5.41) is 0. The maximum atomic E-state index is 12.4. The highest BCUT2D eigenvalue weighted by Crippen LogP contribution is 2.40. The van der Waals surface area contributed by atoms with Gasteiger partial charge in [0.15, 0.2) is 6.10 Å². The Kier molecular flexibility index (Phi) is 2.30. The largest absolute Gasteiger partial charge is 0.482 e. The average molecular weight is 242 g/mol. The van der Waals surface area contributed by atoms with Crippen LogP contribution in [0.2, 0.25) is 0 Å². The van der Waals surface area contributed by atoms with Crippen molar-refractivity contribution < 1.29 is 13.9 Å². The first kappa shape index (κ1) is 11.1. The van der Waals surface area contributed by atoms with Crippen molar-refractivity contribution >= 4 is 5.78 Å². The second-order valence-electron chi connectivity index (χ2n) is 4.61. The number of fused-ring (bicyclic) bond motifs is 3. The number of carbonyl (C=O) groups excluding carboxylic acids is 1. The van der Waals surface area contributed by atoms with Gasteiger partial charge in [-0.1, -0.05) is 12.1 Å². The van der Waals surface area contributed by atoms with E-state index in [1.165, 1.54) is 0 Å². The van der Waals surface area contributed by atoms with Gasteiger partial charge >= 0.3 is 0 Å². The number of furan rings is 1. The molecule has 18 heavy (non-hydrogen) atoms. The van der Waals surface area contributed by atoms with Gasteiger partial charge in [0.2, 0.25) is 5.78 Å². The summed E-state index contributed by atoms with van der Waals surface area (Å²) >= 11 is 0. The molecule has 1 unspecified atom stereocenters. The predicted octanol–water partition coefficient (Wildman–Crippen LogP) is 3.53. The van der Waals surface area contributed by atoms with Crippen LogP contribution in [0.15, 0.2) is 28.7 Å². The van der Waals surface area contributed by atoms with Crippen LogP contribution < -0.4 is 4.74 Å². The second-order valence-corrected chi connectivity index (χ2v) is 4.61. The van der Waals surface area contributed by atoms with Crippen LogP contribution in [0.5, 0.6) is 5.75 Å². The number of hydrogen-bond donors (Lipinski definition) is 0. The van der Waals surface area contributed by atoms with Crippen LogP contribution in [-0.4, -0.2) is 11.9 Å². The van der Waals surface area contributed by atoms with Crippen LogP contribution in [0, 0.1) is 13.8 Å². The Bertz CT molecular complexity index is 637. The Morgan fingerprint density at radius 1 is 1.17 bits per heavy atom. The number of carbonyl (C=O) groups is 1. The molecule has 3 heteroatoms. The summed E-state index contributed by atoms with van der Waals surface area (Å²) in [6.07, 6.45) is -0.483. The zero-order valence-electron chi connectivity index (χ0n) is 10.6. The fraction of sp³-hybridized carbons (Fsp3) is 0.267. The van der Waals surface area contributed by atoms with Crippen molar-refractivity contribution in [2.24, 2.45) is 0 Å². The SMILES string of the molecule is Cc1oc2c(c1C)C(=O)C(C)Oc1ccccc1-2. The van der Waals surface area contributed by atoms with E-state index in [1.807, 2.05) is 38.1 Å². The number of ether oxygens (including phenoxy) is 1. The van der Waals surface area contributed by atoms with E-state index in [9.17, 15) is 4.79 Å². The third-order valence-electron chi connectivity index (χ3n) is 3.44. The third kappa shape index (κ3) is 1.40. The minimum Gasteiger partial charge on any atom is -0.482 e. The average Bonchev–Trinajstić information content (AvgIpc) is 2.60. The van der Waals surface area contributed by atoms with Crippen LogP contribution >= 0.6 is 0 Å². The molecule has 3 rings (SSSR count). The Balaban J connectivity index is 2.37. The molecule has 0 fully saturated rings. The Hall–Kier alpha value is -2.03. The topological polar surface area (TPSA) is 39.4 Å². The van der Waals surface area contributed by atoms with Gasteiger partial charge in [-0.05, 0) is 32.9 Å².